The zero-order valence-corrected chi connectivity index (χ0v) is 22.3. The number of nitrogens with zero attached hydrogens (tertiary/aromatic N) is 4. The fourth-order valence-electron chi connectivity index (χ4n) is 5.44. The predicted molar refractivity (Wildman–Crippen MR) is 157 cm³/mol. The van der Waals surface area contributed by atoms with Crippen LogP contribution < -0.4 is 19.3 Å². The number of allylic oxidation sites excluding steroid dienone is 8. The molecule has 3 aliphatic rings. The molecular formula is C34H26N4O2. The lowest BCUT2D eigenvalue weighted by molar-refractivity contribution is 0.440. The normalized spacial score (nSPS) is 18.9. The zero-order valence-electron chi connectivity index (χ0n) is 22.3. The standard InChI is InChI=1S/C34H26N4O2/c1-3-37-28-13-7-9-15-30(28)39-32(37)19-17-26-24-11-5-6-12-25(24)27(34(26)23(21-35)22-36)18-20-33-38(4-2)29-14-8-10-16-31(29)40-33/h5-20H,3-4H2,1-2H3/b26-17-,27-18+,32-19-,33-20-. The Morgan fingerprint density at radius 3 is 1.50 bits per heavy atom. The summed E-state index contributed by atoms with van der Waals surface area (Å²) in [5.74, 6) is 2.99. The van der Waals surface area contributed by atoms with Gasteiger partial charge in [0.1, 0.15) is 17.7 Å². The van der Waals surface area contributed by atoms with Crippen LogP contribution in [0.1, 0.15) is 25.0 Å². The van der Waals surface area contributed by atoms with Crippen molar-refractivity contribution < 1.29 is 9.47 Å². The molecule has 0 unspecified atom stereocenters. The Kier molecular flexibility index (Phi) is 6.44. The number of hydrogen-bond donors (Lipinski definition) is 0. The molecule has 0 aromatic heterocycles. The molecule has 2 aliphatic heterocycles. The minimum Gasteiger partial charge on any atom is -0.439 e. The quantitative estimate of drug-likeness (QED) is 0.334. The summed E-state index contributed by atoms with van der Waals surface area (Å²) in [4.78, 5) is 4.20. The van der Waals surface area contributed by atoms with E-state index in [2.05, 4.69) is 35.8 Å². The summed E-state index contributed by atoms with van der Waals surface area (Å²) in [7, 11) is 0. The van der Waals surface area contributed by atoms with E-state index in [-0.39, 0.29) is 5.57 Å². The molecule has 40 heavy (non-hydrogen) atoms. The van der Waals surface area contributed by atoms with Gasteiger partial charge in [-0.3, -0.25) is 0 Å². The third-order valence-corrected chi connectivity index (χ3v) is 7.21. The summed E-state index contributed by atoms with van der Waals surface area (Å²) in [6.07, 6.45) is 7.72. The maximum Gasteiger partial charge on any atom is 0.200 e. The molecule has 0 atom stereocenters. The number of anilines is 2. The molecule has 0 bridgehead atoms. The minimum atomic E-state index is 0.0523. The van der Waals surface area contributed by atoms with Crippen molar-refractivity contribution in [3.05, 3.63) is 131 Å². The first-order chi connectivity index (χ1) is 19.7. The van der Waals surface area contributed by atoms with Crippen LogP contribution >= 0.6 is 0 Å². The first-order valence-electron chi connectivity index (χ1n) is 13.3. The van der Waals surface area contributed by atoms with E-state index in [0.29, 0.717) is 17.3 Å². The van der Waals surface area contributed by atoms with Gasteiger partial charge in [-0.1, -0.05) is 48.5 Å². The number of ether oxygens (including phenoxy) is 2. The van der Waals surface area contributed by atoms with Gasteiger partial charge in [0.05, 0.1) is 11.4 Å². The van der Waals surface area contributed by atoms with E-state index in [1.165, 1.54) is 0 Å². The van der Waals surface area contributed by atoms with Crippen molar-refractivity contribution in [1.29, 1.82) is 10.5 Å². The van der Waals surface area contributed by atoms with E-state index in [1.54, 1.807) is 0 Å². The lowest BCUT2D eigenvalue weighted by atomic mass is 9.97. The van der Waals surface area contributed by atoms with Crippen LogP contribution in [0.2, 0.25) is 0 Å². The molecule has 3 aromatic rings. The molecule has 6 rings (SSSR count). The Labute approximate surface area is 233 Å². The number of para-hydroxylation sites is 4. The van der Waals surface area contributed by atoms with Gasteiger partial charge in [0.2, 0.25) is 11.8 Å². The Bertz CT molecular complexity index is 1630. The maximum absolute atomic E-state index is 9.98. The van der Waals surface area contributed by atoms with Crippen molar-refractivity contribution in [3.8, 4) is 23.6 Å². The molecule has 0 N–H and O–H groups in total. The van der Waals surface area contributed by atoms with Crippen LogP contribution in [0.4, 0.5) is 11.4 Å². The second kappa shape index (κ2) is 10.4. The summed E-state index contributed by atoms with van der Waals surface area (Å²) in [6, 6.07) is 28.1. The molecule has 0 radical (unpaired) electrons. The Morgan fingerprint density at radius 2 is 1.07 bits per heavy atom. The third kappa shape index (κ3) is 4.04. The van der Waals surface area contributed by atoms with E-state index in [4.69, 9.17) is 9.47 Å². The van der Waals surface area contributed by atoms with Crippen molar-refractivity contribution in [2.24, 2.45) is 0 Å². The van der Waals surface area contributed by atoms with Crippen molar-refractivity contribution in [2.45, 2.75) is 13.8 Å². The highest BCUT2D eigenvalue weighted by atomic mass is 16.5. The lowest BCUT2D eigenvalue weighted by Gasteiger charge is -2.15. The topological polar surface area (TPSA) is 72.5 Å². The van der Waals surface area contributed by atoms with Crippen LogP contribution in [-0.2, 0) is 0 Å². The van der Waals surface area contributed by atoms with Crippen molar-refractivity contribution in [1.82, 2.24) is 0 Å². The van der Waals surface area contributed by atoms with Gasteiger partial charge in [0.15, 0.2) is 11.5 Å². The molecular weight excluding hydrogens is 496 g/mol. The van der Waals surface area contributed by atoms with Crippen LogP contribution in [0.15, 0.2) is 120 Å². The number of benzene rings is 3. The third-order valence-electron chi connectivity index (χ3n) is 7.21. The van der Waals surface area contributed by atoms with Gasteiger partial charge in [-0.25, -0.2) is 0 Å². The van der Waals surface area contributed by atoms with Crippen LogP contribution in [-0.4, -0.2) is 13.1 Å². The van der Waals surface area contributed by atoms with Crippen LogP contribution in [0.25, 0.3) is 11.1 Å². The van der Waals surface area contributed by atoms with Gasteiger partial charge >= 0.3 is 0 Å². The van der Waals surface area contributed by atoms with E-state index in [1.807, 2.05) is 97.1 Å². The van der Waals surface area contributed by atoms with Gasteiger partial charge in [-0.2, -0.15) is 10.5 Å². The van der Waals surface area contributed by atoms with Gasteiger partial charge in [-0.15, -0.1) is 0 Å². The van der Waals surface area contributed by atoms with Gasteiger partial charge in [0, 0.05) is 18.7 Å². The molecule has 0 saturated carbocycles. The Balaban J connectivity index is 1.47. The molecule has 6 nitrogen and oxygen atoms in total. The summed E-state index contributed by atoms with van der Waals surface area (Å²) in [5.41, 5.74) is 6.16. The highest BCUT2D eigenvalue weighted by Crippen LogP contribution is 2.47. The first-order valence-corrected chi connectivity index (χ1v) is 13.3. The van der Waals surface area contributed by atoms with Crippen LogP contribution in [0, 0.1) is 22.7 Å². The summed E-state index contributed by atoms with van der Waals surface area (Å²) >= 11 is 0. The fraction of sp³-hybridized carbons (Fsp3) is 0.118. The summed E-state index contributed by atoms with van der Waals surface area (Å²) in [5, 5.41) is 20.0. The molecule has 0 saturated heterocycles. The van der Waals surface area contributed by atoms with Crippen molar-refractivity contribution in [3.63, 3.8) is 0 Å². The summed E-state index contributed by atoms with van der Waals surface area (Å²) in [6.45, 7) is 5.62. The molecule has 6 heteroatoms. The molecule has 194 valence electrons. The molecule has 3 aromatic carbocycles. The Morgan fingerprint density at radius 1 is 0.650 bits per heavy atom. The number of fused-ring (bicyclic) bond motifs is 3. The average molecular weight is 523 g/mol. The van der Waals surface area contributed by atoms with E-state index >= 15 is 0 Å². The van der Waals surface area contributed by atoms with E-state index in [9.17, 15) is 10.5 Å². The number of hydrogen-bond acceptors (Lipinski definition) is 6. The van der Waals surface area contributed by atoms with Crippen molar-refractivity contribution >= 4 is 22.5 Å². The monoisotopic (exact) mass is 522 g/mol. The predicted octanol–water partition coefficient (Wildman–Crippen LogP) is 7.33. The average Bonchev–Trinajstić information content (AvgIpc) is 3.64. The van der Waals surface area contributed by atoms with Gasteiger partial charge in [0.25, 0.3) is 0 Å². The number of rotatable bonds is 4. The Hall–Kier alpha value is -5.46. The second-order valence-electron chi connectivity index (χ2n) is 9.32. The summed E-state index contributed by atoms with van der Waals surface area (Å²) < 4.78 is 12.3. The first kappa shape index (κ1) is 24.9. The maximum atomic E-state index is 9.98. The lowest BCUT2D eigenvalue weighted by Crippen LogP contribution is -2.19. The molecule has 0 amide bonds. The van der Waals surface area contributed by atoms with Crippen LogP contribution in [0.3, 0.4) is 0 Å². The minimum absolute atomic E-state index is 0.0523. The SMILES string of the molecule is CCN1/C(=C/C=C2\C(=C(C#N)C#N)/C(=C/C=C3\Oc4ccccc4N3CC)c3ccccc32)Oc2ccccc21. The highest BCUT2D eigenvalue weighted by molar-refractivity contribution is 6.10. The molecule has 2 heterocycles. The highest BCUT2D eigenvalue weighted by Gasteiger charge is 2.30. The van der Waals surface area contributed by atoms with E-state index in [0.717, 1.165) is 58.2 Å². The van der Waals surface area contributed by atoms with Crippen molar-refractivity contribution in [2.75, 3.05) is 22.9 Å². The van der Waals surface area contributed by atoms with Gasteiger partial charge < -0.3 is 19.3 Å². The smallest absolute Gasteiger partial charge is 0.200 e. The number of nitriles is 2. The molecule has 0 fully saturated rings. The largest absolute Gasteiger partial charge is 0.439 e. The molecule has 1 aliphatic carbocycles. The van der Waals surface area contributed by atoms with Crippen LogP contribution in [0.5, 0.6) is 11.5 Å². The fourth-order valence-corrected chi connectivity index (χ4v) is 5.44. The van der Waals surface area contributed by atoms with E-state index < -0.39 is 0 Å². The molecule has 0 spiro atoms. The zero-order chi connectivity index (χ0) is 27.6. The second-order valence-corrected chi connectivity index (χ2v) is 9.32. The van der Waals surface area contributed by atoms with Gasteiger partial charge in [-0.05, 0) is 84.7 Å².